The van der Waals surface area contributed by atoms with E-state index in [2.05, 4.69) is 64.4 Å². The molecule has 0 aliphatic carbocycles. The fourth-order valence-corrected chi connectivity index (χ4v) is 4.83. The summed E-state index contributed by atoms with van der Waals surface area (Å²) in [7, 11) is 0. The average molecular weight is 461 g/mol. The lowest BCUT2D eigenvalue weighted by Gasteiger charge is -2.36. The van der Waals surface area contributed by atoms with Gasteiger partial charge in [-0.1, -0.05) is 60.1 Å². The molecule has 4 nitrogen and oxygen atoms in total. The van der Waals surface area contributed by atoms with E-state index in [0.29, 0.717) is 11.6 Å². The van der Waals surface area contributed by atoms with Gasteiger partial charge in [-0.3, -0.25) is 9.80 Å². The summed E-state index contributed by atoms with van der Waals surface area (Å²) >= 11 is 5.91. The van der Waals surface area contributed by atoms with Crippen LogP contribution in [0.2, 0.25) is 5.02 Å². The number of rotatable bonds is 7. The van der Waals surface area contributed by atoms with Gasteiger partial charge in [0.2, 0.25) is 0 Å². The van der Waals surface area contributed by atoms with Crippen molar-refractivity contribution in [3.8, 4) is 5.75 Å². The molecule has 5 heteroatoms. The molecule has 4 aromatic rings. The van der Waals surface area contributed by atoms with Crippen molar-refractivity contribution in [3.05, 3.63) is 89.4 Å². The highest BCUT2D eigenvalue weighted by Crippen LogP contribution is 2.29. The predicted octanol–water partition coefficient (Wildman–Crippen LogP) is 5.20. The predicted molar refractivity (Wildman–Crippen MR) is 136 cm³/mol. The minimum absolute atomic E-state index is 0.282. The van der Waals surface area contributed by atoms with E-state index in [9.17, 15) is 5.11 Å². The molecule has 1 atom stereocenters. The largest absolute Gasteiger partial charge is 0.491 e. The van der Waals surface area contributed by atoms with Crippen molar-refractivity contribution in [3.63, 3.8) is 0 Å². The topological polar surface area (TPSA) is 35.9 Å². The molecule has 0 radical (unpaired) electrons. The summed E-state index contributed by atoms with van der Waals surface area (Å²) in [6.45, 7) is 5.71. The van der Waals surface area contributed by atoms with Gasteiger partial charge in [0.15, 0.2) is 0 Å². The highest BCUT2D eigenvalue weighted by molar-refractivity contribution is 6.30. The molecule has 33 heavy (non-hydrogen) atoms. The van der Waals surface area contributed by atoms with E-state index in [1.807, 2.05) is 12.1 Å². The second kappa shape index (κ2) is 10.1. The lowest BCUT2D eigenvalue weighted by atomic mass is 9.96. The molecular formula is C28H29ClN2O2. The normalized spacial score (nSPS) is 16.3. The van der Waals surface area contributed by atoms with E-state index in [1.54, 1.807) is 12.1 Å². The Morgan fingerprint density at radius 1 is 0.788 bits per heavy atom. The first-order chi connectivity index (χ1) is 16.2. The van der Waals surface area contributed by atoms with Crippen LogP contribution in [0.5, 0.6) is 5.75 Å². The van der Waals surface area contributed by atoms with Crippen LogP contribution in [-0.4, -0.2) is 60.3 Å². The van der Waals surface area contributed by atoms with Crippen molar-refractivity contribution in [2.75, 3.05) is 39.3 Å². The number of hydrogen-bond acceptors (Lipinski definition) is 4. The molecule has 1 unspecified atom stereocenters. The molecule has 4 aromatic carbocycles. The van der Waals surface area contributed by atoms with Crippen molar-refractivity contribution >= 4 is 33.1 Å². The average Bonchev–Trinajstić information content (AvgIpc) is 2.85. The Kier molecular flexibility index (Phi) is 6.79. The number of piperazine rings is 1. The van der Waals surface area contributed by atoms with Gasteiger partial charge in [-0.15, -0.1) is 0 Å². The highest BCUT2D eigenvalue weighted by atomic mass is 35.5. The van der Waals surface area contributed by atoms with Crippen LogP contribution in [0.3, 0.4) is 0 Å². The summed E-state index contributed by atoms with van der Waals surface area (Å²) in [4.78, 5) is 4.86. The third-order valence-corrected chi connectivity index (χ3v) is 6.71. The van der Waals surface area contributed by atoms with Gasteiger partial charge in [0, 0.05) is 44.3 Å². The van der Waals surface area contributed by atoms with Crippen molar-refractivity contribution in [1.82, 2.24) is 9.80 Å². The van der Waals surface area contributed by atoms with E-state index in [0.717, 1.165) is 38.5 Å². The Morgan fingerprint density at radius 3 is 2.00 bits per heavy atom. The second-order valence-corrected chi connectivity index (χ2v) is 9.23. The number of nitrogens with zero attached hydrogens (tertiary/aromatic N) is 2. The van der Waals surface area contributed by atoms with Crippen molar-refractivity contribution in [2.45, 2.75) is 12.6 Å². The minimum Gasteiger partial charge on any atom is -0.491 e. The Bertz CT molecular complexity index is 1170. The first-order valence-corrected chi connectivity index (χ1v) is 11.9. The van der Waals surface area contributed by atoms with E-state index in [1.165, 1.54) is 27.1 Å². The minimum atomic E-state index is -0.519. The summed E-state index contributed by atoms with van der Waals surface area (Å²) < 4.78 is 5.70. The molecule has 0 aromatic heterocycles. The maximum Gasteiger partial charge on any atom is 0.119 e. The zero-order valence-electron chi connectivity index (χ0n) is 18.7. The third-order valence-electron chi connectivity index (χ3n) is 6.45. The second-order valence-electron chi connectivity index (χ2n) is 8.79. The number of β-amino-alcohol motifs (C(OH)–C–C–N with tert-alkyl or cyclic N) is 1. The van der Waals surface area contributed by atoms with Crippen molar-refractivity contribution in [1.29, 1.82) is 0 Å². The number of halogens is 1. The van der Waals surface area contributed by atoms with Gasteiger partial charge in [-0.25, -0.2) is 0 Å². The zero-order valence-corrected chi connectivity index (χ0v) is 19.4. The Balaban J connectivity index is 1.19. The molecule has 0 amide bonds. The maximum absolute atomic E-state index is 10.4. The molecule has 1 N–H and O–H groups in total. The summed E-state index contributed by atoms with van der Waals surface area (Å²) in [5, 5.41) is 16.4. The summed E-state index contributed by atoms with van der Waals surface area (Å²) in [5.74, 6) is 0.727. The fraction of sp³-hybridized carbons (Fsp3) is 0.286. The van der Waals surface area contributed by atoms with Crippen LogP contribution in [-0.2, 0) is 6.54 Å². The van der Waals surface area contributed by atoms with Crippen LogP contribution in [0.15, 0.2) is 78.9 Å². The molecule has 1 saturated heterocycles. The lowest BCUT2D eigenvalue weighted by Crippen LogP contribution is -2.48. The smallest absolute Gasteiger partial charge is 0.119 e. The van der Waals surface area contributed by atoms with E-state index in [-0.39, 0.29) is 6.61 Å². The molecule has 1 aliphatic rings. The van der Waals surface area contributed by atoms with Crippen LogP contribution in [0, 0.1) is 0 Å². The number of hydrogen-bond donors (Lipinski definition) is 1. The molecule has 0 saturated carbocycles. The Labute approximate surface area is 199 Å². The monoisotopic (exact) mass is 460 g/mol. The molecule has 0 spiro atoms. The quantitative estimate of drug-likeness (QED) is 0.384. The molecule has 170 valence electrons. The third kappa shape index (κ3) is 5.31. The van der Waals surface area contributed by atoms with E-state index >= 15 is 0 Å². The van der Waals surface area contributed by atoms with Crippen LogP contribution in [0.1, 0.15) is 5.56 Å². The fourth-order valence-electron chi connectivity index (χ4n) is 4.71. The SMILES string of the molecule is OC(COc1ccc(Cl)cc1)CN1CCN(Cc2c3ccccc3cc3ccccc23)CC1. The molecule has 1 heterocycles. The van der Waals surface area contributed by atoms with Gasteiger partial charge >= 0.3 is 0 Å². The lowest BCUT2D eigenvalue weighted by molar-refractivity contribution is 0.0448. The number of aliphatic hydroxyl groups excluding tert-OH is 1. The molecular weight excluding hydrogens is 432 g/mol. The standard InChI is InChI=1S/C28H29ClN2O2/c29-23-9-11-25(12-10-23)33-20-24(32)18-30-13-15-31(16-14-30)19-28-26-7-3-1-5-21(26)17-22-6-2-4-8-27(22)28/h1-12,17,24,32H,13-16,18-20H2. The van der Waals surface area contributed by atoms with Gasteiger partial charge in [0.05, 0.1) is 0 Å². The maximum atomic E-state index is 10.4. The molecule has 0 bridgehead atoms. The van der Waals surface area contributed by atoms with Gasteiger partial charge < -0.3 is 9.84 Å². The molecule has 1 aliphatic heterocycles. The Hall–Kier alpha value is -2.63. The first-order valence-electron chi connectivity index (χ1n) is 11.6. The zero-order chi connectivity index (χ0) is 22.6. The van der Waals surface area contributed by atoms with Gasteiger partial charge in [-0.2, -0.15) is 0 Å². The summed E-state index contributed by atoms with van der Waals surface area (Å²) in [5.41, 5.74) is 1.41. The number of benzene rings is 4. The van der Waals surface area contributed by atoms with Crippen LogP contribution >= 0.6 is 11.6 Å². The molecule has 1 fully saturated rings. The van der Waals surface area contributed by atoms with Crippen LogP contribution in [0.4, 0.5) is 0 Å². The number of ether oxygens (including phenoxy) is 1. The van der Waals surface area contributed by atoms with Crippen molar-refractivity contribution in [2.24, 2.45) is 0 Å². The van der Waals surface area contributed by atoms with Crippen LogP contribution in [0.25, 0.3) is 21.5 Å². The van der Waals surface area contributed by atoms with Gasteiger partial charge in [-0.05, 0) is 57.4 Å². The van der Waals surface area contributed by atoms with Gasteiger partial charge in [0.25, 0.3) is 0 Å². The molecule has 5 rings (SSSR count). The first kappa shape index (κ1) is 22.2. The Morgan fingerprint density at radius 2 is 1.36 bits per heavy atom. The summed E-state index contributed by atoms with van der Waals surface area (Å²) in [6.07, 6.45) is -0.519. The van der Waals surface area contributed by atoms with Gasteiger partial charge in [0.1, 0.15) is 18.5 Å². The summed E-state index contributed by atoms with van der Waals surface area (Å²) in [6, 6.07) is 26.9. The van der Waals surface area contributed by atoms with E-state index < -0.39 is 6.10 Å². The van der Waals surface area contributed by atoms with E-state index in [4.69, 9.17) is 16.3 Å². The van der Waals surface area contributed by atoms with Crippen LogP contribution < -0.4 is 4.74 Å². The highest BCUT2D eigenvalue weighted by Gasteiger charge is 2.21. The number of aliphatic hydroxyl groups is 1. The number of fused-ring (bicyclic) bond motifs is 2. The van der Waals surface area contributed by atoms with Crippen molar-refractivity contribution < 1.29 is 9.84 Å².